The number of nitrogens with one attached hydrogen (secondary N) is 1. The van der Waals surface area contributed by atoms with Crippen molar-refractivity contribution in [3.63, 3.8) is 0 Å². The van der Waals surface area contributed by atoms with Crippen LogP contribution in [0.15, 0.2) is 22.7 Å². The fourth-order valence-electron chi connectivity index (χ4n) is 1.06. The molecule has 0 unspecified atom stereocenters. The molecule has 15 heavy (non-hydrogen) atoms. The molecule has 0 atom stereocenters. The Bertz CT molecular complexity index is 339. The Morgan fingerprint density at radius 3 is 2.80 bits per heavy atom. The standard InChI is InChI=1S/C10H10BrFINO/c11-8-4-7(5-9(12)6-8)10(15)14-3-1-2-13/h4-6H,1-3H2,(H,14,15). The topological polar surface area (TPSA) is 29.1 Å². The SMILES string of the molecule is O=C(NCCCI)c1cc(F)cc(Br)c1. The largest absolute Gasteiger partial charge is 0.352 e. The van der Waals surface area contributed by atoms with Crippen molar-refractivity contribution >= 4 is 44.4 Å². The van der Waals surface area contributed by atoms with Crippen LogP contribution in [0.3, 0.4) is 0 Å². The van der Waals surface area contributed by atoms with E-state index in [4.69, 9.17) is 0 Å². The lowest BCUT2D eigenvalue weighted by Crippen LogP contribution is -2.24. The molecule has 0 aromatic heterocycles. The zero-order chi connectivity index (χ0) is 11.3. The van der Waals surface area contributed by atoms with Gasteiger partial charge in [-0.2, -0.15) is 0 Å². The number of benzene rings is 1. The van der Waals surface area contributed by atoms with Crippen molar-refractivity contribution in [2.24, 2.45) is 0 Å². The number of carbonyl (C=O) groups is 1. The molecular formula is C10H10BrFINO. The molecule has 1 aromatic rings. The van der Waals surface area contributed by atoms with Crippen molar-refractivity contribution in [3.8, 4) is 0 Å². The van der Waals surface area contributed by atoms with E-state index < -0.39 is 5.82 Å². The number of hydrogen-bond acceptors (Lipinski definition) is 1. The van der Waals surface area contributed by atoms with Crippen LogP contribution in [0.4, 0.5) is 4.39 Å². The van der Waals surface area contributed by atoms with Gasteiger partial charge in [0.25, 0.3) is 5.91 Å². The molecular weight excluding hydrogens is 376 g/mol. The van der Waals surface area contributed by atoms with Gasteiger partial charge in [0, 0.05) is 21.0 Å². The average Bonchev–Trinajstić information content (AvgIpc) is 2.16. The van der Waals surface area contributed by atoms with E-state index in [1.54, 1.807) is 6.07 Å². The van der Waals surface area contributed by atoms with Crippen molar-refractivity contribution in [1.82, 2.24) is 5.32 Å². The predicted molar refractivity (Wildman–Crippen MR) is 69.9 cm³/mol. The van der Waals surface area contributed by atoms with Crippen LogP contribution in [-0.4, -0.2) is 16.9 Å². The molecule has 1 aromatic carbocycles. The Kier molecular flexibility index (Phi) is 5.52. The van der Waals surface area contributed by atoms with Gasteiger partial charge in [-0.15, -0.1) is 0 Å². The second-order valence-corrected chi connectivity index (χ2v) is 4.95. The molecule has 0 spiro atoms. The predicted octanol–water partition coefficient (Wildman–Crippen LogP) is 3.14. The van der Waals surface area contributed by atoms with E-state index in [0.717, 1.165) is 10.8 Å². The van der Waals surface area contributed by atoms with Crippen LogP contribution >= 0.6 is 38.5 Å². The van der Waals surface area contributed by atoms with E-state index in [-0.39, 0.29) is 5.91 Å². The Hall–Kier alpha value is -0.170. The van der Waals surface area contributed by atoms with Gasteiger partial charge < -0.3 is 5.32 Å². The van der Waals surface area contributed by atoms with Gasteiger partial charge in [0.1, 0.15) is 5.82 Å². The van der Waals surface area contributed by atoms with E-state index in [1.807, 2.05) is 0 Å². The molecule has 5 heteroatoms. The van der Waals surface area contributed by atoms with Gasteiger partial charge in [-0.1, -0.05) is 38.5 Å². The maximum absolute atomic E-state index is 13.0. The van der Waals surface area contributed by atoms with Crippen LogP contribution in [0.2, 0.25) is 0 Å². The summed E-state index contributed by atoms with van der Waals surface area (Å²) in [6.07, 6.45) is 0.919. The van der Waals surface area contributed by atoms with Crippen molar-refractivity contribution in [3.05, 3.63) is 34.1 Å². The highest BCUT2D eigenvalue weighted by Gasteiger charge is 2.07. The van der Waals surface area contributed by atoms with Crippen LogP contribution in [0.1, 0.15) is 16.8 Å². The van der Waals surface area contributed by atoms with Gasteiger partial charge in [-0.05, 0) is 24.6 Å². The highest BCUT2D eigenvalue weighted by molar-refractivity contribution is 14.1. The van der Waals surface area contributed by atoms with Crippen molar-refractivity contribution in [2.45, 2.75) is 6.42 Å². The first-order valence-electron chi connectivity index (χ1n) is 4.43. The lowest BCUT2D eigenvalue weighted by molar-refractivity contribution is 0.0953. The maximum atomic E-state index is 13.0. The maximum Gasteiger partial charge on any atom is 0.251 e. The third-order valence-corrected chi connectivity index (χ3v) is 2.94. The highest BCUT2D eigenvalue weighted by Crippen LogP contribution is 2.14. The van der Waals surface area contributed by atoms with Crippen molar-refractivity contribution < 1.29 is 9.18 Å². The number of carbonyl (C=O) groups excluding carboxylic acids is 1. The van der Waals surface area contributed by atoms with Gasteiger partial charge in [-0.25, -0.2) is 4.39 Å². The normalized spacial score (nSPS) is 10.1. The first-order chi connectivity index (χ1) is 7.13. The lowest BCUT2D eigenvalue weighted by Gasteiger charge is -2.04. The van der Waals surface area contributed by atoms with Gasteiger partial charge >= 0.3 is 0 Å². The number of hydrogen-bond donors (Lipinski definition) is 1. The van der Waals surface area contributed by atoms with Gasteiger partial charge in [0.05, 0.1) is 0 Å². The molecule has 0 radical (unpaired) electrons. The van der Waals surface area contributed by atoms with Crippen LogP contribution in [0.5, 0.6) is 0 Å². The molecule has 0 aliphatic carbocycles. The van der Waals surface area contributed by atoms with E-state index >= 15 is 0 Å². The molecule has 2 nitrogen and oxygen atoms in total. The summed E-state index contributed by atoms with van der Waals surface area (Å²) < 4.78 is 14.5. The summed E-state index contributed by atoms with van der Waals surface area (Å²) in [5, 5.41) is 2.72. The van der Waals surface area contributed by atoms with Crippen molar-refractivity contribution in [1.29, 1.82) is 0 Å². The third-order valence-electron chi connectivity index (χ3n) is 1.72. The second-order valence-electron chi connectivity index (χ2n) is 2.96. The summed E-state index contributed by atoms with van der Waals surface area (Å²) >= 11 is 5.38. The first-order valence-corrected chi connectivity index (χ1v) is 6.75. The van der Waals surface area contributed by atoms with Crippen LogP contribution in [-0.2, 0) is 0 Å². The van der Waals surface area contributed by atoms with Crippen molar-refractivity contribution in [2.75, 3.05) is 11.0 Å². The third kappa shape index (κ3) is 4.46. The summed E-state index contributed by atoms with van der Waals surface area (Å²) in [5.74, 6) is -0.650. The minimum absolute atomic E-state index is 0.236. The molecule has 0 aliphatic rings. The smallest absolute Gasteiger partial charge is 0.251 e. The number of halogens is 3. The van der Waals surface area contributed by atoms with E-state index in [0.29, 0.717) is 16.6 Å². The summed E-state index contributed by atoms with van der Waals surface area (Å²) in [4.78, 5) is 11.5. The van der Waals surface area contributed by atoms with Crippen LogP contribution in [0.25, 0.3) is 0 Å². The molecule has 0 saturated heterocycles. The Balaban J connectivity index is 2.65. The zero-order valence-corrected chi connectivity index (χ0v) is 11.6. The Morgan fingerprint density at radius 2 is 2.20 bits per heavy atom. The molecule has 0 fully saturated rings. The quantitative estimate of drug-likeness (QED) is 0.481. The van der Waals surface area contributed by atoms with E-state index in [2.05, 4.69) is 43.8 Å². The molecule has 82 valence electrons. The summed E-state index contributed by atoms with van der Waals surface area (Å²) in [7, 11) is 0. The monoisotopic (exact) mass is 385 g/mol. The molecule has 0 heterocycles. The van der Waals surface area contributed by atoms with Gasteiger partial charge in [0.2, 0.25) is 0 Å². The minimum Gasteiger partial charge on any atom is -0.352 e. The summed E-state index contributed by atoms with van der Waals surface area (Å²) in [6, 6.07) is 4.15. The highest BCUT2D eigenvalue weighted by atomic mass is 127. The van der Waals surface area contributed by atoms with Gasteiger partial charge in [-0.3, -0.25) is 4.79 Å². The minimum atomic E-state index is -0.414. The molecule has 0 aliphatic heterocycles. The first kappa shape index (κ1) is 12.9. The lowest BCUT2D eigenvalue weighted by atomic mass is 10.2. The van der Waals surface area contributed by atoms with E-state index in [9.17, 15) is 9.18 Å². The van der Waals surface area contributed by atoms with Crippen LogP contribution in [0, 0.1) is 5.82 Å². The number of alkyl halides is 1. The van der Waals surface area contributed by atoms with E-state index in [1.165, 1.54) is 12.1 Å². The second kappa shape index (κ2) is 6.42. The molecule has 1 rings (SSSR count). The molecule has 1 N–H and O–H groups in total. The number of rotatable bonds is 4. The molecule has 0 saturated carbocycles. The fourth-order valence-corrected chi connectivity index (χ4v) is 1.90. The number of amides is 1. The van der Waals surface area contributed by atoms with Crippen LogP contribution < -0.4 is 5.32 Å². The zero-order valence-electron chi connectivity index (χ0n) is 7.90. The summed E-state index contributed by atoms with van der Waals surface area (Å²) in [6.45, 7) is 0.621. The fraction of sp³-hybridized carbons (Fsp3) is 0.300. The Labute approximate surface area is 110 Å². The molecule has 1 amide bonds. The Morgan fingerprint density at radius 1 is 1.47 bits per heavy atom. The average molecular weight is 386 g/mol. The van der Waals surface area contributed by atoms with Gasteiger partial charge in [0.15, 0.2) is 0 Å². The summed E-state index contributed by atoms with van der Waals surface area (Å²) in [5.41, 5.74) is 0.343. The molecule has 0 bridgehead atoms.